The summed E-state index contributed by atoms with van der Waals surface area (Å²) in [7, 11) is 0. The largest absolute Gasteiger partial charge is 0.366 e. The maximum Gasteiger partial charge on any atom is 0.241 e. The molecule has 0 radical (unpaired) electrons. The molecule has 3 nitrogen and oxygen atoms in total. The number of amides is 1. The second-order valence-corrected chi connectivity index (χ2v) is 3.92. The first-order chi connectivity index (χ1) is 8.65. The molecule has 0 bridgehead atoms. The molecule has 0 saturated carbocycles. The van der Waals surface area contributed by atoms with Gasteiger partial charge in [-0.2, -0.15) is 0 Å². The van der Waals surface area contributed by atoms with Crippen LogP contribution in [-0.2, 0) is 11.3 Å². The van der Waals surface area contributed by atoms with Crippen molar-refractivity contribution in [3.63, 3.8) is 0 Å². The summed E-state index contributed by atoms with van der Waals surface area (Å²) >= 11 is 0. The number of nitrogens with two attached hydrogens (primary N) is 1. The normalized spacial score (nSPS) is 10.9. The summed E-state index contributed by atoms with van der Waals surface area (Å²) < 4.78 is 14.7. The Bertz CT molecular complexity index is 570. The second kappa shape index (κ2) is 5.31. The quantitative estimate of drug-likeness (QED) is 0.823. The Balaban J connectivity index is 2.17. The Labute approximate surface area is 104 Å². The molecule has 0 spiro atoms. The van der Waals surface area contributed by atoms with Gasteiger partial charge in [-0.1, -0.05) is 12.1 Å². The summed E-state index contributed by atoms with van der Waals surface area (Å²) in [5.74, 6) is -0.732. The monoisotopic (exact) mass is 244 g/mol. The van der Waals surface area contributed by atoms with Crippen LogP contribution in [0.2, 0.25) is 0 Å². The van der Waals surface area contributed by atoms with Gasteiger partial charge in [0.15, 0.2) is 0 Å². The molecule has 2 N–H and O–H groups in total. The summed E-state index contributed by atoms with van der Waals surface area (Å²) in [6, 6.07) is 10.1. The molecule has 0 aliphatic carbocycles. The predicted octanol–water partition coefficient (Wildman–Crippen LogP) is 2.17. The van der Waals surface area contributed by atoms with Gasteiger partial charge in [0.25, 0.3) is 0 Å². The molecule has 1 heterocycles. The number of nitrogens with zero attached hydrogens (tertiary/aromatic N) is 1. The Morgan fingerprint density at radius 1 is 1.28 bits per heavy atom. The van der Waals surface area contributed by atoms with Crippen LogP contribution in [0.5, 0.6) is 0 Å². The van der Waals surface area contributed by atoms with E-state index in [-0.39, 0.29) is 5.82 Å². The van der Waals surface area contributed by atoms with E-state index in [9.17, 15) is 9.18 Å². The average Bonchev–Trinajstić information content (AvgIpc) is 2.77. The van der Waals surface area contributed by atoms with Gasteiger partial charge in [0.2, 0.25) is 5.91 Å². The Hall–Kier alpha value is -2.36. The van der Waals surface area contributed by atoms with Crippen molar-refractivity contribution in [2.45, 2.75) is 6.54 Å². The van der Waals surface area contributed by atoms with Crippen LogP contribution in [0.4, 0.5) is 4.39 Å². The first kappa shape index (κ1) is 12.1. The van der Waals surface area contributed by atoms with Crippen molar-refractivity contribution >= 4 is 12.0 Å². The molecular weight excluding hydrogens is 231 g/mol. The number of carbonyl (C=O) groups excluding carboxylic acids is 1. The van der Waals surface area contributed by atoms with Gasteiger partial charge in [0, 0.05) is 24.5 Å². The van der Waals surface area contributed by atoms with Crippen LogP contribution in [0.25, 0.3) is 6.08 Å². The van der Waals surface area contributed by atoms with E-state index in [4.69, 9.17) is 5.73 Å². The topological polar surface area (TPSA) is 48.0 Å². The van der Waals surface area contributed by atoms with Gasteiger partial charge in [0.05, 0.1) is 0 Å². The summed E-state index contributed by atoms with van der Waals surface area (Å²) in [6.45, 7) is 0.617. The van der Waals surface area contributed by atoms with E-state index in [1.807, 2.05) is 22.9 Å². The zero-order valence-corrected chi connectivity index (χ0v) is 9.71. The van der Waals surface area contributed by atoms with Crippen molar-refractivity contribution in [3.8, 4) is 0 Å². The van der Waals surface area contributed by atoms with Crippen molar-refractivity contribution in [2.24, 2.45) is 5.73 Å². The number of carbonyl (C=O) groups is 1. The van der Waals surface area contributed by atoms with Crippen LogP contribution in [0.3, 0.4) is 0 Å². The molecule has 0 fully saturated rings. The Kier molecular flexibility index (Phi) is 3.57. The summed E-state index contributed by atoms with van der Waals surface area (Å²) in [6.07, 6.45) is 4.87. The van der Waals surface area contributed by atoms with Crippen LogP contribution in [-0.4, -0.2) is 10.5 Å². The van der Waals surface area contributed by atoms with Crippen LogP contribution >= 0.6 is 0 Å². The SMILES string of the molecule is NC(=O)/C=C/c1cccn1Cc1ccc(F)cc1. The molecule has 0 saturated heterocycles. The molecule has 0 unspecified atom stereocenters. The van der Waals surface area contributed by atoms with E-state index in [0.29, 0.717) is 6.54 Å². The second-order valence-electron chi connectivity index (χ2n) is 3.92. The highest BCUT2D eigenvalue weighted by molar-refractivity contribution is 5.90. The van der Waals surface area contributed by atoms with Crippen molar-refractivity contribution in [1.29, 1.82) is 0 Å². The minimum atomic E-state index is -0.482. The van der Waals surface area contributed by atoms with Crippen molar-refractivity contribution in [1.82, 2.24) is 4.57 Å². The fourth-order valence-electron chi connectivity index (χ4n) is 1.68. The lowest BCUT2D eigenvalue weighted by atomic mass is 10.2. The van der Waals surface area contributed by atoms with Crippen LogP contribution in [0.1, 0.15) is 11.3 Å². The van der Waals surface area contributed by atoms with Gasteiger partial charge in [-0.3, -0.25) is 4.79 Å². The minimum Gasteiger partial charge on any atom is -0.366 e. The molecule has 2 rings (SSSR count). The number of halogens is 1. The maximum absolute atomic E-state index is 12.8. The summed E-state index contributed by atoms with van der Waals surface area (Å²) in [5, 5.41) is 0. The third kappa shape index (κ3) is 3.07. The van der Waals surface area contributed by atoms with Crippen molar-refractivity contribution in [3.05, 3.63) is 65.7 Å². The lowest BCUT2D eigenvalue weighted by Crippen LogP contribution is -2.06. The van der Waals surface area contributed by atoms with Crippen molar-refractivity contribution < 1.29 is 9.18 Å². The molecule has 1 aromatic heterocycles. The number of benzene rings is 1. The molecule has 18 heavy (non-hydrogen) atoms. The summed E-state index contributed by atoms with van der Waals surface area (Å²) in [5.41, 5.74) is 6.91. The van der Waals surface area contributed by atoms with E-state index in [1.165, 1.54) is 18.2 Å². The Morgan fingerprint density at radius 3 is 2.67 bits per heavy atom. The van der Waals surface area contributed by atoms with Crippen molar-refractivity contribution in [2.75, 3.05) is 0 Å². The molecule has 4 heteroatoms. The van der Waals surface area contributed by atoms with Gasteiger partial charge in [-0.15, -0.1) is 0 Å². The van der Waals surface area contributed by atoms with Gasteiger partial charge in [-0.05, 0) is 35.9 Å². The van der Waals surface area contributed by atoms with Gasteiger partial charge in [0.1, 0.15) is 5.82 Å². The van der Waals surface area contributed by atoms with Crippen LogP contribution in [0, 0.1) is 5.82 Å². The van der Waals surface area contributed by atoms with Crippen LogP contribution < -0.4 is 5.73 Å². The first-order valence-electron chi connectivity index (χ1n) is 5.52. The van der Waals surface area contributed by atoms with E-state index in [2.05, 4.69) is 0 Å². The lowest BCUT2D eigenvalue weighted by Gasteiger charge is -2.06. The molecule has 0 aliphatic rings. The molecule has 0 atom stereocenters. The standard InChI is InChI=1S/C14H13FN2O/c15-12-5-3-11(4-6-12)10-17-9-1-2-13(17)7-8-14(16)18/h1-9H,10H2,(H2,16,18)/b8-7+. The summed E-state index contributed by atoms with van der Waals surface area (Å²) in [4.78, 5) is 10.7. The van der Waals surface area contributed by atoms with Crippen LogP contribution in [0.15, 0.2) is 48.7 Å². The fraction of sp³-hybridized carbons (Fsp3) is 0.0714. The highest BCUT2D eigenvalue weighted by Gasteiger charge is 2.00. The molecule has 1 aromatic carbocycles. The number of hydrogen-bond acceptors (Lipinski definition) is 1. The molecule has 2 aromatic rings. The number of hydrogen-bond donors (Lipinski definition) is 1. The zero-order chi connectivity index (χ0) is 13.0. The third-order valence-electron chi connectivity index (χ3n) is 2.55. The fourth-order valence-corrected chi connectivity index (χ4v) is 1.68. The first-order valence-corrected chi connectivity index (χ1v) is 5.52. The van der Waals surface area contributed by atoms with E-state index >= 15 is 0 Å². The third-order valence-corrected chi connectivity index (χ3v) is 2.55. The molecule has 0 aliphatic heterocycles. The predicted molar refractivity (Wildman–Crippen MR) is 68.2 cm³/mol. The lowest BCUT2D eigenvalue weighted by molar-refractivity contribution is -0.113. The number of rotatable bonds is 4. The molecule has 92 valence electrons. The van der Waals surface area contributed by atoms with E-state index in [1.54, 1.807) is 18.2 Å². The molecular formula is C14H13FN2O. The maximum atomic E-state index is 12.8. The highest BCUT2D eigenvalue weighted by atomic mass is 19.1. The van der Waals surface area contributed by atoms with Gasteiger partial charge in [-0.25, -0.2) is 4.39 Å². The Morgan fingerprint density at radius 2 is 2.00 bits per heavy atom. The average molecular weight is 244 g/mol. The minimum absolute atomic E-state index is 0.250. The smallest absolute Gasteiger partial charge is 0.241 e. The number of primary amides is 1. The zero-order valence-electron chi connectivity index (χ0n) is 9.71. The van der Waals surface area contributed by atoms with Gasteiger partial charge >= 0.3 is 0 Å². The van der Waals surface area contributed by atoms with E-state index < -0.39 is 5.91 Å². The van der Waals surface area contributed by atoms with E-state index in [0.717, 1.165) is 11.3 Å². The number of aromatic nitrogens is 1. The molecule has 1 amide bonds. The highest BCUT2D eigenvalue weighted by Crippen LogP contribution is 2.10. The van der Waals surface area contributed by atoms with Gasteiger partial charge < -0.3 is 10.3 Å².